The normalized spacial score (nSPS) is 18.3. The number of hydrogen-bond donors (Lipinski definition) is 2. The van der Waals surface area contributed by atoms with Crippen molar-refractivity contribution in [2.45, 2.75) is 77.6 Å². The zero-order valence-corrected chi connectivity index (χ0v) is 20.5. The van der Waals surface area contributed by atoms with Crippen LogP contribution in [0.1, 0.15) is 79.0 Å². The molecule has 1 unspecified atom stereocenters. The summed E-state index contributed by atoms with van der Waals surface area (Å²) in [6.45, 7) is 3.88. The molecule has 0 saturated heterocycles. The standard InChI is InChI=1S/C21H38N2O5.Na.H/c1-2-3-4-5-6-7-8-9-10-11-12-19-22-13-14-23(19,17-20(24)25)15-16-28-18-21(26)27;;/h2-18H2,1H3,(H-,24,25,26,27);;/q;+1;-1/p+1. The van der Waals surface area contributed by atoms with Crippen LogP contribution >= 0.6 is 0 Å². The predicted octanol–water partition coefficient (Wildman–Crippen LogP) is 0.829. The maximum atomic E-state index is 11.4. The largest absolute Gasteiger partial charge is 1.00 e. The Labute approximate surface area is 199 Å². The van der Waals surface area contributed by atoms with Crippen molar-refractivity contribution >= 4 is 17.8 Å². The van der Waals surface area contributed by atoms with Crippen LogP contribution in [0.4, 0.5) is 0 Å². The molecule has 2 N–H and O–H groups in total. The average Bonchev–Trinajstić information content (AvgIpc) is 3.02. The second-order valence-electron chi connectivity index (χ2n) is 7.82. The molecule has 7 nitrogen and oxygen atoms in total. The molecule has 0 fully saturated rings. The third-order valence-electron chi connectivity index (χ3n) is 5.45. The van der Waals surface area contributed by atoms with Crippen LogP contribution in [0.2, 0.25) is 0 Å². The van der Waals surface area contributed by atoms with E-state index in [9.17, 15) is 14.7 Å². The fourth-order valence-electron chi connectivity index (χ4n) is 3.88. The Balaban J connectivity index is 0. The predicted molar refractivity (Wildman–Crippen MR) is 111 cm³/mol. The second kappa shape index (κ2) is 17.2. The SMILES string of the molecule is CCCCCCCCCCCCC1=NCC[N+]1(CCOCC(=O)O)CC(=O)O.[H-].[Na+]. The summed E-state index contributed by atoms with van der Waals surface area (Å²) in [6.07, 6.45) is 13.5. The molecule has 1 aliphatic rings. The first kappa shape index (κ1) is 28.5. The molecule has 0 saturated carbocycles. The summed E-state index contributed by atoms with van der Waals surface area (Å²) < 4.78 is 5.47. The van der Waals surface area contributed by atoms with Crippen LogP contribution in [-0.4, -0.2) is 71.9 Å². The van der Waals surface area contributed by atoms with Crippen LogP contribution in [-0.2, 0) is 14.3 Å². The fourth-order valence-corrected chi connectivity index (χ4v) is 3.88. The zero-order valence-electron chi connectivity index (χ0n) is 19.5. The van der Waals surface area contributed by atoms with Crippen molar-refractivity contribution in [2.75, 3.05) is 39.4 Å². The molecule has 1 atom stereocenters. The molecule has 8 heteroatoms. The number of aliphatic imine (C=N–C) groups is 1. The first-order chi connectivity index (χ1) is 13.5. The van der Waals surface area contributed by atoms with Crippen molar-refractivity contribution in [1.29, 1.82) is 0 Å². The molecule has 0 bridgehead atoms. The number of ether oxygens (including phenoxy) is 1. The van der Waals surface area contributed by atoms with Crippen LogP contribution in [0.25, 0.3) is 0 Å². The maximum Gasteiger partial charge on any atom is 1.00 e. The van der Waals surface area contributed by atoms with Crippen molar-refractivity contribution in [1.82, 2.24) is 0 Å². The van der Waals surface area contributed by atoms with Gasteiger partial charge in [0.15, 0.2) is 12.4 Å². The third-order valence-corrected chi connectivity index (χ3v) is 5.45. The summed E-state index contributed by atoms with van der Waals surface area (Å²) in [6, 6.07) is 0. The third kappa shape index (κ3) is 12.7. The van der Waals surface area contributed by atoms with E-state index in [1.807, 2.05) is 0 Å². The Morgan fingerprint density at radius 3 is 2.14 bits per heavy atom. The number of quaternary nitrogens is 1. The molecule has 0 aliphatic carbocycles. The Morgan fingerprint density at radius 2 is 1.59 bits per heavy atom. The molecular weight excluding hydrogens is 383 g/mol. The number of amidine groups is 1. The van der Waals surface area contributed by atoms with Crippen molar-refractivity contribution in [2.24, 2.45) is 4.99 Å². The smallest absolute Gasteiger partial charge is 1.00 e. The molecule has 0 aromatic rings. The second-order valence-corrected chi connectivity index (χ2v) is 7.82. The van der Waals surface area contributed by atoms with Crippen molar-refractivity contribution in [3.63, 3.8) is 0 Å². The molecule has 1 aliphatic heterocycles. The molecule has 0 aromatic carbocycles. The first-order valence-corrected chi connectivity index (χ1v) is 10.9. The summed E-state index contributed by atoms with van der Waals surface area (Å²) in [5, 5.41) is 18.0. The number of aliphatic carboxylic acids is 2. The summed E-state index contributed by atoms with van der Waals surface area (Å²) in [5.74, 6) is -0.915. The summed E-state index contributed by atoms with van der Waals surface area (Å²) in [4.78, 5) is 26.6. The minimum Gasteiger partial charge on any atom is -1.00 e. The molecule has 0 spiro atoms. The van der Waals surface area contributed by atoms with Gasteiger partial charge in [-0.2, -0.15) is 0 Å². The molecule has 0 amide bonds. The van der Waals surface area contributed by atoms with Crippen LogP contribution in [0.15, 0.2) is 4.99 Å². The molecular formula is C21H40N2NaO5+. The van der Waals surface area contributed by atoms with Gasteiger partial charge in [0.05, 0.1) is 13.2 Å². The van der Waals surface area contributed by atoms with Gasteiger partial charge in [-0.05, 0) is 6.42 Å². The summed E-state index contributed by atoms with van der Waals surface area (Å²) >= 11 is 0. The number of carboxylic acid groups (broad SMARTS) is 2. The summed E-state index contributed by atoms with van der Waals surface area (Å²) in [5.41, 5.74) is 0. The van der Waals surface area contributed by atoms with Gasteiger partial charge in [-0.25, -0.2) is 14.6 Å². The molecule has 1 heterocycles. The van der Waals surface area contributed by atoms with E-state index in [0.717, 1.165) is 25.1 Å². The number of carbonyl (C=O) groups is 2. The average molecular weight is 424 g/mol. The van der Waals surface area contributed by atoms with Crippen molar-refractivity contribution < 1.29 is 60.0 Å². The van der Waals surface area contributed by atoms with Crippen LogP contribution in [0.3, 0.4) is 0 Å². The van der Waals surface area contributed by atoms with Crippen LogP contribution < -0.4 is 29.6 Å². The first-order valence-electron chi connectivity index (χ1n) is 10.9. The van der Waals surface area contributed by atoms with Gasteiger partial charge in [-0.15, -0.1) is 0 Å². The monoisotopic (exact) mass is 423 g/mol. The van der Waals surface area contributed by atoms with Gasteiger partial charge < -0.3 is 16.4 Å². The Kier molecular flexibility index (Phi) is 17.0. The van der Waals surface area contributed by atoms with Gasteiger partial charge in [0, 0.05) is 6.42 Å². The zero-order chi connectivity index (χ0) is 20.7. The Hall–Kier alpha value is -0.470. The van der Waals surface area contributed by atoms with Crippen molar-refractivity contribution in [3.05, 3.63) is 0 Å². The van der Waals surface area contributed by atoms with Gasteiger partial charge in [0.2, 0.25) is 0 Å². The van der Waals surface area contributed by atoms with E-state index in [1.165, 1.54) is 51.4 Å². The van der Waals surface area contributed by atoms with E-state index in [0.29, 0.717) is 24.1 Å². The van der Waals surface area contributed by atoms with Gasteiger partial charge in [-0.1, -0.05) is 64.7 Å². The van der Waals surface area contributed by atoms with E-state index in [4.69, 9.17) is 9.84 Å². The van der Waals surface area contributed by atoms with Gasteiger partial charge >= 0.3 is 41.5 Å². The summed E-state index contributed by atoms with van der Waals surface area (Å²) in [7, 11) is 0. The molecule has 164 valence electrons. The molecule has 29 heavy (non-hydrogen) atoms. The minimum atomic E-state index is -1.01. The Morgan fingerprint density at radius 1 is 1.00 bits per heavy atom. The number of rotatable bonds is 18. The van der Waals surface area contributed by atoms with E-state index in [-0.39, 0.29) is 50.7 Å². The van der Waals surface area contributed by atoms with E-state index >= 15 is 0 Å². The van der Waals surface area contributed by atoms with Crippen molar-refractivity contribution in [3.8, 4) is 0 Å². The number of hydrogen-bond acceptors (Lipinski definition) is 4. The van der Waals surface area contributed by atoms with Gasteiger partial charge in [-0.3, -0.25) is 4.48 Å². The van der Waals surface area contributed by atoms with Crippen LogP contribution in [0.5, 0.6) is 0 Å². The quantitative estimate of drug-likeness (QED) is 0.193. The molecule has 0 aromatic heterocycles. The molecule has 0 radical (unpaired) electrons. The topological polar surface area (TPSA) is 96.2 Å². The van der Waals surface area contributed by atoms with Crippen LogP contribution in [0, 0.1) is 0 Å². The van der Waals surface area contributed by atoms with E-state index < -0.39 is 11.9 Å². The maximum absolute atomic E-state index is 11.4. The van der Waals surface area contributed by atoms with E-state index in [2.05, 4.69) is 11.9 Å². The molecule has 1 rings (SSSR count). The minimum absolute atomic E-state index is 0. The Bertz CT molecular complexity index is 508. The van der Waals surface area contributed by atoms with Gasteiger partial charge in [0.1, 0.15) is 19.7 Å². The number of nitrogens with zero attached hydrogens (tertiary/aromatic N) is 2. The van der Waals surface area contributed by atoms with E-state index in [1.54, 1.807) is 0 Å². The van der Waals surface area contributed by atoms with Gasteiger partial charge in [0.25, 0.3) is 0 Å². The number of unbranched alkanes of at least 4 members (excludes halogenated alkanes) is 9. The fraction of sp³-hybridized carbons (Fsp3) is 0.857. The number of carboxylic acids is 2.